The third-order valence-corrected chi connectivity index (χ3v) is 4.37. The van der Waals surface area contributed by atoms with E-state index in [0.29, 0.717) is 0 Å². The number of carbonyl (C=O) groups excluding carboxylic acids is 1. The first-order valence-electron chi connectivity index (χ1n) is 7.35. The van der Waals surface area contributed by atoms with Crippen LogP contribution in [0.3, 0.4) is 0 Å². The van der Waals surface area contributed by atoms with Gasteiger partial charge in [-0.05, 0) is 12.1 Å². The van der Waals surface area contributed by atoms with E-state index in [-0.39, 0.29) is 35.0 Å². The lowest BCUT2D eigenvalue weighted by atomic mass is 10.3. The van der Waals surface area contributed by atoms with Gasteiger partial charge in [0.1, 0.15) is 17.3 Å². The van der Waals surface area contributed by atoms with Gasteiger partial charge in [-0.25, -0.2) is 17.9 Å². The van der Waals surface area contributed by atoms with Crippen molar-refractivity contribution in [2.45, 2.75) is 4.90 Å². The summed E-state index contributed by atoms with van der Waals surface area (Å²) < 4.78 is 41.9. The topological polar surface area (TPSA) is 129 Å². The van der Waals surface area contributed by atoms with Gasteiger partial charge >= 0.3 is 6.03 Å². The fourth-order valence-corrected chi connectivity index (χ4v) is 2.94. The number of anilines is 1. The molecule has 0 saturated carbocycles. The van der Waals surface area contributed by atoms with Crippen LogP contribution in [0.4, 0.5) is 10.7 Å². The summed E-state index contributed by atoms with van der Waals surface area (Å²) in [7, 11) is -1.52. The molecule has 10 nitrogen and oxygen atoms in total. The monoisotopic (exact) mass is 392 g/mol. The maximum absolute atomic E-state index is 12.5. The first-order valence-corrected chi connectivity index (χ1v) is 8.84. The van der Waals surface area contributed by atoms with E-state index in [0.717, 1.165) is 0 Å². The second-order valence-electron chi connectivity index (χ2n) is 4.78. The van der Waals surface area contributed by atoms with Crippen LogP contribution in [0.15, 0.2) is 35.2 Å². The van der Waals surface area contributed by atoms with Crippen LogP contribution in [0.1, 0.15) is 0 Å². The van der Waals surface area contributed by atoms with Crippen LogP contribution in [-0.2, 0) is 10.0 Å². The smallest absolute Gasteiger partial charge is 0.335 e. The van der Waals surface area contributed by atoms with E-state index in [2.05, 4.69) is 21.2 Å². The molecule has 2 amide bonds. The number of hydrogen-bond acceptors (Lipinski definition) is 8. The summed E-state index contributed by atoms with van der Waals surface area (Å²) in [6, 6.07) is 6.04. The average molecular weight is 392 g/mol. The molecular formula is C16H16N4O6S. The van der Waals surface area contributed by atoms with Crippen molar-refractivity contribution >= 4 is 22.0 Å². The molecule has 0 aliphatic carbocycles. The van der Waals surface area contributed by atoms with Gasteiger partial charge in [-0.2, -0.15) is 9.97 Å². The maximum atomic E-state index is 12.5. The molecule has 142 valence electrons. The second kappa shape index (κ2) is 8.72. The highest BCUT2D eigenvalue weighted by Gasteiger charge is 2.22. The van der Waals surface area contributed by atoms with Gasteiger partial charge in [0.15, 0.2) is 0 Å². The lowest BCUT2D eigenvalue weighted by Gasteiger charge is -2.12. The van der Waals surface area contributed by atoms with Gasteiger partial charge in [0.05, 0.1) is 20.3 Å². The van der Waals surface area contributed by atoms with E-state index in [4.69, 9.17) is 20.6 Å². The predicted octanol–water partition coefficient (Wildman–Crippen LogP) is 1.02. The van der Waals surface area contributed by atoms with Crippen LogP contribution >= 0.6 is 0 Å². The molecule has 0 saturated heterocycles. The summed E-state index contributed by atoms with van der Waals surface area (Å²) in [6.07, 6.45) is 5.11. The number of ether oxygens (including phenoxy) is 3. The van der Waals surface area contributed by atoms with Crippen molar-refractivity contribution < 1.29 is 27.4 Å². The Morgan fingerprint density at radius 2 is 1.81 bits per heavy atom. The van der Waals surface area contributed by atoms with Crippen molar-refractivity contribution in [2.24, 2.45) is 0 Å². The normalized spacial score (nSPS) is 10.4. The summed E-state index contributed by atoms with van der Waals surface area (Å²) >= 11 is 0. The quantitative estimate of drug-likeness (QED) is 0.668. The number of aromatic nitrogens is 2. The Hall–Kier alpha value is -3.52. The van der Waals surface area contributed by atoms with Crippen molar-refractivity contribution in [1.29, 1.82) is 0 Å². The number of para-hydroxylation sites is 1. The van der Waals surface area contributed by atoms with Crippen LogP contribution in [0.25, 0.3) is 0 Å². The van der Waals surface area contributed by atoms with Crippen LogP contribution < -0.4 is 24.2 Å². The van der Waals surface area contributed by atoms with Crippen LogP contribution in [-0.4, -0.2) is 45.2 Å². The van der Waals surface area contributed by atoms with Gasteiger partial charge in [-0.3, -0.25) is 5.32 Å². The molecular weight excluding hydrogens is 376 g/mol. The predicted molar refractivity (Wildman–Crippen MR) is 95.2 cm³/mol. The molecule has 0 bridgehead atoms. The fraction of sp³-hybridized carbons (Fsp3) is 0.188. The second-order valence-corrected chi connectivity index (χ2v) is 6.43. The highest BCUT2D eigenvalue weighted by Crippen LogP contribution is 2.23. The lowest BCUT2D eigenvalue weighted by Crippen LogP contribution is -2.35. The SMILES string of the molecule is C#CCOc1ccccc1S(=O)(=O)NC(=O)Nc1nc(OC)cc(OC)n1. The number of sulfonamides is 1. The van der Waals surface area contributed by atoms with E-state index >= 15 is 0 Å². The third-order valence-electron chi connectivity index (χ3n) is 3.00. The molecule has 2 N–H and O–H groups in total. The summed E-state index contributed by atoms with van der Waals surface area (Å²) in [5, 5.41) is 2.20. The minimum atomic E-state index is -4.25. The molecule has 0 aliphatic heterocycles. The van der Waals surface area contributed by atoms with Crippen LogP contribution in [0, 0.1) is 12.3 Å². The maximum Gasteiger partial charge on any atom is 0.335 e. The molecule has 0 radical (unpaired) electrons. The van der Waals surface area contributed by atoms with E-state index in [9.17, 15) is 13.2 Å². The molecule has 1 heterocycles. The first kappa shape index (κ1) is 19.8. The number of amides is 2. The van der Waals surface area contributed by atoms with Gasteiger partial charge in [0, 0.05) is 0 Å². The van der Waals surface area contributed by atoms with E-state index in [1.165, 1.54) is 38.5 Å². The van der Waals surface area contributed by atoms with Crippen molar-refractivity contribution in [2.75, 3.05) is 26.1 Å². The Morgan fingerprint density at radius 1 is 1.19 bits per heavy atom. The first-order chi connectivity index (χ1) is 12.9. The highest BCUT2D eigenvalue weighted by atomic mass is 32.2. The molecule has 11 heteroatoms. The van der Waals surface area contributed by atoms with Crippen molar-refractivity contribution in [3.63, 3.8) is 0 Å². The Balaban J connectivity index is 2.19. The average Bonchev–Trinajstić information content (AvgIpc) is 2.65. The molecule has 1 aromatic heterocycles. The third kappa shape index (κ3) is 5.23. The summed E-state index contributed by atoms with van der Waals surface area (Å²) in [4.78, 5) is 19.6. The Morgan fingerprint density at radius 3 is 2.41 bits per heavy atom. The summed E-state index contributed by atoms with van der Waals surface area (Å²) in [5.74, 6) is 2.27. The number of nitrogens with one attached hydrogen (secondary N) is 2. The fourth-order valence-electron chi connectivity index (χ4n) is 1.88. The standard InChI is InChI=1S/C16H16N4O6S/c1-4-9-26-11-7-5-6-8-12(11)27(22,23)20-16(21)19-15-17-13(24-2)10-14(18-15)25-3/h1,5-8,10H,9H2,2-3H3,(H2,17,18,19,20,21). The zero-order valence-electron chi connectivity index (χ0n) is 14.4. The number of terminal acetylenes is 1. The molecule has 27 heavy (non-hydrogen) atoms. The summed E-state index contributed by atoms with van der Waals surface area (Å²) in [5.41, 5.74) is 0. The minimum Gasteiger partial charge on any atom is -0.481 e. The molecule has 0 spiro atoms. The van der Waals surface area contributed by atoms with Crippen LogP contribution in [0.5, 0.6) is 17.5 Å². The number of hydrogen-bond donors (Lipinski definition) is 2. The van der Waals surface area contributed by atoms with Gasteiger partial charge in [-0.1, -0.05) is 18.1 Å². The van der Waals surface area contributed by atoms with Gasteiger partial charge in [-0.15, -0.1) is 6.42 Å². The number of carbonyl (C=O) groups is 1. The van der Waals surface area contributed by atoms with E-state index in [1.54, 1.807) is 6.07 Å². The van der Waals surface area contributed by atoms with Gasteiger partial charge < -0.3 is 14.2 Å². The Labute approximate surface area is 155 Å². The molecule has 1 aromatic carbocycles. The Kier molecular flexibility index (Phi) is 6.40. The molecule has 2 rings (SSSR count). The van der Waals surface area contributed by atoms with Crippen LogP contribution in [0.2, 0.25) is 0 Å². The highest BCUT2D eigenvalue weighted by molar-refractivity contribution is 7.90. The molecule has 0 atom stereocenters. The largest absolute Gasteiger partial charge is 0.481 e. The van der Waals surface area contributed by atoms with E-state index in [1.807, 2.05) is 4.72 Å². The zero-order valence-corrected chi connectivity index (χ0v) is 15.2. The molecule has 0 unspecified atom stereocenters. The number of methoxy groups -OCH3 is 2. The zero-order chi connectivity index (χ0) is 19.9. The number of urea groups is 1. The molecule has 0 aliphatic rings. The van der Waals surface area contributed by atoms with Gasteiger partial charge in [0.25, 0.3) is 10.0 Å². The number of nitrogens with zero attached hydrogens (tertiary/aromatic N) is 2. The van der Waals surface area contributed by atoms with Crippen molar-refractivity contribution in [1.82, 2.24) is 14.7 Å². The Bertz CT molecular complexity index is 949. The van der Waals surface area contributed by atoms with Crippen molar-refractivity contribution in [3.05, 3.63) is 30.3 Å². The van der Waals surface area contributed by atoms with Gasteiger partial charge in [0.2, 0.25) is 17.7 Å². The van der Waals surface area contributed by atoms with E-state index < -0.39 is 16.1 Å². The minimum absolute atomic E-state index is 0.00931. The summed E-state index contributed by atoms with van der Waals surface area (Å²) in [6.45, 7) is -0.129. The molecule has 2 aromatic rings. The molecule has 0 fully saturated rings. The number of benzene rings is 1. The van der Waals surface area contributed by atoms with Crippen molar-refractivity contribution in [3.8, 4) is 29.9 Å². The number of rotatable bonds is 7. The lowest BCUT2D eigenvalue weighted by molar-refractivity contribution is 0.256.